The number of carbonyl (C=O) groups is 1. The highest BCUT2D eigenvalue weighted by molar-refractivity contribution is 5.95. The Labute approximate surface area is 105 Å². The summed E-state index contributed by atoms with van der Waals surface area (Å²) in [6.07, 6.45) is 0. The van der Waals surface area contributed by atoms with E-state index in [-0.39, 0.29) is 17.1 Å². The number of rotatable bonds is 2. The van der Waals surface area contributed by atoms with Crippen molar-refractivity contribution in [2.24, 2.45) is 0 Å². The van der Waals surface area contributed by atoms with E-state index in [1.54, 1.807) is 30.3 Å². The van der Waals surface area contributed by atoms with Gasteiger partial charge in [-0.2, -0.15) is 5.26 Å². The van der Waals surface area contributed by atoms with Gasteiger partial charge in [0.1, 0.15) is 11.8 Å². The first-order chi connectivity index (χ1) is 8.61. The number of aromatic hydroxyl groups is 1. The molecular weight excluding hydrogens is 226 g/mol. The molecule has 0 fully saturated rings. The molecule has 18 heavy (non-hydrogen) atoms. The van der Waals surface area contributed by atoms with Crippen molar-refractivity contribution >= 4 is 5.78 Å². The molecule has 2 aromatic carbocycles. The van der Waals surface area contributed by atoms with Gasteiger partial charge in [-0.1, -0.05) is 24.3 Å². The van der Waals surface area contributed by atoms with Crippen LogP contribution in [-0.2, 0) is 0 Å². The third-order valence-corrected chi connectivity index (χ3v) is 2.72. The number of nitriles is 1. The Hall–Kier alpha value is -2.60. The smallest absolute Gasteiger partial charge is 0.159 e. The lowest BCUT2D eigenvalue weighted by Crippen LogP contribution is -1.91. The fourth-order valence-corrected chi connectivity index (χ4v) is 1.72. The molecule has 0 atom stereocenters. The van der Waals surface area contributed by atoms with E-state index in [1.165, 1.54) is 13.0 Å². The quantitative estimate of drug-likeness (QED) is 0.816. The Morgan fingerprint density at radius 2 is 1.89 bits per heavy atom. The molecule has 0 saturated carbocycles. The van der Waals surface area contributed by atoms with Gasteiger partial charge in [0, 0.05) is 5.56 Å². The van der Waals surface area contributed by atoms with E-state index in [1.807, 2.05) is 12.1 Å². The molecule has 0 aliphatic heterocycles. The van der Waals surface area contributed by atoms with Crippen molar-refractivity contribution in [3.63, 3.8) is 0 Å². The van der Waals surface area contributed by atoms with Crippen molar-refractivity contribution in [3.05, 3.63) is 53.6 Å². The zero-order chi connectivity index (χ0) is 13.1. The zero-order valence-electron chi connectivity index (χ0n) is 9.84. The number of hydrogen-bond donors (Lipinski definition) is 1. The second kappa shape index (κ2) is 4.72. The molecule has 0 unspecified atom stereocenters. The van der Waals surface area contributed by atoms with Gasteiger partial charge in [0.25, 0.3) is 0 Å². The second-order valence-electron chi connectivity index (χ2n) is 3.98. The van der Waals surface area contributed by atoms with Gasteiger partial charge in [-0.05, 0) is 36.2 Å². The molecule has 3 nitrogen and oxygen atoms in total. The molecule has 0 bridgehead atoms. The van der Waals surface area contributed by atoms with Gasteiger partial charge < -0.3 is 5.11 Å². The zero-order valence-corrected chi connectivity index (χ0v) is 9.84. The van der Waals surface area contributed by atoms with Gasteiger partial charge in [-0.25, -0.2) is 0 Å². The minimum Gasteiger partial charge on any atom is -0.507 e. The minimum atomic E-state index is -0.0526. The highest BCUT2D eigenvalue weighted by Gasteiger charge is 2.05. The fraction of sp³-hybridized carbons (Fsp3) is 0.0667. The summed E-state index contributed by atoms with van der Waals surface area (Å²) >= 11 is 0. The van der Waals surface area contributed by atoms with Crippen LogP contribution < -0.4 is 0 Å². The number of nitrogens with zero attached hydrogens (tertiary/aromatic N) is 1. The van der Waals surface area contributed by atoms with Crippen molar-refractivity contribution in [2.45, 2.75) is 6.92 Å². The van der Waals surface area contributed by atoms with Crippen molar-refractivity contribution in [3.8, 4) is 22.9 Å². The first-order valence-electron chi connectivity index (χ1n) is 5.46. The maximum atomic E-state index is 11.3. The van der Waals surface area contributed by atoms with E-state index in [0.29, 0.717) is 5.56 Å². The molecule has 0 spiro atoms. The Kier molecular flexibility index (Phi) is 3.11. The van der Waals surface area contributed by atoms with Crippen LogP contribution in [0, 0.1) is 11.3 Å². The lowest BCUT2D eigenvalue weighted by molar-refractivity contribution is 0.101. The highest BCUT2D eigenvalue weighted by atomic mass is 16.3. The maximum absolute atomic E-state index is 11.3. The lowest BCUT2D eigenvalue weighted by Gasteiger charge is -2.05. The Morgan fingerprint density at radius 1 is 1.17 bits per heavy atom. The van der Waals surface area contributed by atoms with Crippen molar-refractivity contribution in [1.82, 2.24) is 0 Å². The van der Waals surface area contributed by atoms with E-state index in [2.05, 4.69) is 0 Å². The van der Waals surface area contributed by atoms with Crippen LogP contribution in [0.4, 0.5) is 0 Å². The summed E-state index contributed by atoms with van der Waals surface area (Å²) in [5, 5.41) is 18.4. The van der Waals surface area contributed by atoms with E-state index in [0.717, 1.165) is 11.1 Å². The van der Waals surface area contributed by atoms with Crippen LogP contribution in [0.1, 0.15) is 22.8 Å². The molecular formula is C15H11NO2. The number of Topliss-reactive ketones (excluding diaryl/α,β-unsaturated/α-hetero) is 1. The summed E-state index contributed by atoms with van der Waals surface area (Å²) < 4.78 is 0. The molecule has 3 heteroatoms. The molecule has 0 radical (unpaired) electrons. The summed E-state index contributed by atoms with van der Waals surface area (Å²) in [6.45, 7) is 1.51. The number of phenols is 1. The predicted octanol–water partition coefficient (Wildman–Crippen LogP) is 3.13. The molecule has 1 N–H and O–H groups in total. The molecule has 0 heterocycles. The van der Waals surface area contributed by atoms with E-state index in [4.69, 9.17) is 5.26 Å². The third-order valence-electron chi connectivity index (χ3n) is 2.72. The highest BCUT2D eigenvalue weighted by Crippen LogP contribution is 2.26. The fourth-order valence-electron chi connectivity index (χ4n) is 1.72. The molecule has 0 aliphatic rings. The van der Waals surface area contributed by atoms with Gasteiger partial charge >= 0.3 is 0 Å². The SMILES string of the molecule is CC(=O)c1cccc(-c2ccc(C#N)c(O)c2)c1. The summed E-state index contributed by atoms with van der Waals surface area (Å²) in [5.74, 6) is -0.0575. The Balaban J connectivity index is 2.49. The van der Waals surface area contributed by atoms with Crippen molar-refractivity contribution in [2.75, 3.05) is 0 Å². The van der Waals surface area contributed by atoms with Crippen LogP contribution in [0.15, 0.2) is 42.5 Å². The largest absolute Gasteiger partial charge is 0.507 e. The minimum absolute atomic E-state index is 0.00489. The average Bonchev–Trinajstić information content (AvgIpc) is 2.38. The molecule has 2 rings (SSSR count). The summed E-state index contributed by atoms with van der Waals surface area (Å²) in [4.78, 5) is 11.3. The van der Waals surface area contributed by atoms with E-state index < -0.39 is 0 Å². The normalized spacial score (nSPS) is 9.78. The van der Waals surface area contributed by atoms with Crippen LogP contribution in [0.2, 0.25) is 0 Å². The molecule has 0 amide bonds. The monoisotopic (exact) mass is 237 g/mol. The number of phenolic OH excluding ortho intramolecular Hbond substituents is 1. The summed E-state index contributed by atoms with van der Waals surface area (Å²) in [6, 6.07) is 13.9. The van der Waals surface area contributed by atoms with Gasteiger partial charge in [0.15, 0.2) is 5.78 Å². The molecule has 0 saturated heterocycles. The molecule has 2 aromatic rings. The van der Waals surface area contributed by atoms with Crippen LogP contribution in [0.25, 0.3) is 11.1 Å². The van der Waals surface area contributed by atoms with Gasteiger partial charge in [0.2, 0.25) is 0 Å². The summed E-state index contributed by atoms with van der Waals surface area (Å²) in [7, 11) is 0. The Morgan fingerprint density at radius 3 is 2.50 bits per heavy atom. The van der Waals surface area contributed by atoms with E-state index >= 15 is 0 Å². The first kappa shape index (κ1) is 11.9. The van der Waals surface area contributed by atoms with Gasteiger partial charge in [0.05, 0.1) is 5.56 Å². The second-order valence-corrected chi connectivity index (χ2v) is 3.98. The average molecular weight is 237 g/mol. The standard InChI is InChI=1S/C15H11NO2/c1-10(17)11-3-2-4-12(7-11)13-5-6-14(9-16)15(18)8-13/h2-8,18H,1H3. The maximum Gasteiger partial charge on any atom is 0.159 e. The first-order valence-corrected chi connectivity index (χ1v) is 5.46. The van der Waals surface area contributed by atoms with Crippen LogP contribution >= 0.6 is 0 Å². The number of carbonyl (C=O) groups excluding carboxylic acids is 1. The van der Waals surface area contributed by atoms with Crippen molar-refractivity contribution < 1.29 is 9.90 Å². The van der Waals surface area contributed by atoms with Crippen LogP contribution in [0.3, 0.4) is 0 Å². The molecule has 0 aliphatic carbocycles. The van der Waals surface area contributed by atoms with E-state index in [9.17, 15) is 9.90 Å². The molecule has 88 valence electrons. The number of ketones is 1. The number of hydrogen-bond acceptors (Lipinski definition) is 3. The van der Waals surface area contributed by atoms with Crippen LogP contribution in [-0.4, -0.2) is 10.9 Å². The van der Waals surface area contributed by atoms with Crippen molar-refractivity contribution in [1.29, 1.82) is 5.26 Å². The van der Waals surface area contributed by atoms with Gasteiger partial charge in [-0.3, -0.25) is 4.79 Å². The van der Waals surface area contributed by atoms with Gasteiger partial charge in [-0.15, -0.1) is 0 Å². The Bertz CT molecular complexity index is 654. The molecule has 0 aromatic heterocycles. The van der Waals surface area contributed by atoms with Crippen LogP contribution in [0.5, 0.6) is 5.75 Å². The topological polar surface area (TPSA) is 61.1 Å². The lowest BCUT2D eigenvalue weighted by atomic mass is 10.0. The predicted molar refractivity (Wildman–Crippen MR) is 68.3 cm³/mol. The summed E-state index contributed by atoms with van der Waals surface area (Å²) in [5.41, 5.74) is 2.47. The third kappa shape index (κ3) is 2.23. The number of benzene rings is 2.